The van der Waals surface area contributed by atoms with Crippen molar-refractivity contribution >= 4 is 9.84 Å². The quantitative estimate of drug-likeness (QED) is 0.604. The van der Waals surface area contributed by atoms with Gasteiger partial charge in [0.1, 0.15) is 0 Å². The summed E-state index contributed by atoms with van der Waals surface area (Å²) in [6.07, 6.45) is 0. The molecule has 0 amide bonds. The molecule has 0 aromatic rings. The molecule has 0 saturated carbocycles. The fourth-order valence-corrected chi connectivity index (χ4v) is 1.72. The van der Waals surface area contributed by atoms with Crippen LogP contribution in [-0.2, 0) is 0 Å². The lowest BCUT2D eigenvalue weighted by Gasteiger charge is -2.26. The maximum Gasteiger partial charge on any atom is 0.168 e. The standard InChI is InChI=1S/C8H22N2Si/c1-7(2,3)9-11-10-8(4,5)6/h9-10H,11H2,1-6H3. The van der Waals surface area contributed by atoms with Crippen molar-refractivity contribution in [1.29, 1.82) is 0 Å². The molecule has 0 unspecified atom stereocenters. The topological polar surface area (TPSA) is 24.1 Å². The van der Waals surface area contributed by atoms with Crippen molar-refractivity contribution in [2.24, 2.45) is 0 Å². The summed E-state index contributed by atoms with van der Waals surface area (Å²) < 4.78 is 0. The van der Waals surface area contributed by atoms with Crippen LogP contribution in [0.25, 0.3) is 0 Å². The van der Waals surface area contributed by atoms with Crippen molar-refractivity contribution in [3.05, 3.63) is 0 Å². The minimum Gasteiger partial charge on any atom is -0.326 e. The molecule has 2 nitrogen and oxygen atoms in total. The Bertz CT molecular complexity index is 96.2. The maximum absolute atomic E-state index is 3.51. The van der Waals surface area contributed by atoms with E-state index in [9.17, 15) is 0 Å². The fourth-order valence-electron chi connectivity index (χ4n) is 0.575. The Morgan fingerprint density at radius 3 is 1.18 bits per heavy atom. The third kappa shape index (κ3) is 10.1. The van der Waals surface area contributed by atoms with Crippen molar-refractivity contribution in [2.75, 3.05) is 0 Å². The average molecular weight is 174 g/mol. The van der Waals surface area contributed by atoms with Gasteiger partial charge in [-0.1, -0.05) is 0 Å². The third-order valence-electron chi connectivity index (χ3n) is 1.24. The van der Waals surface area contributed by atoms with E-state index in [4.69, 9.17) is 0 Å². The smallest absolute Gasteiger partial charge is 0.168 e. The first-order valence-electron chi connectivity index (χ1n) is 4.21. The summed E-state index contributed by atoms with van der Waals surface area (Å²) in [5.74, 6) is 0. The van der Waals surface area contributed by atoms with Gasteiger partial charge in [-0.3, -0.25) is 0 Å². The lowest BCUT2D eigenvalue weighted by molar-refractivity contribution is 0.485. The monoisotopic (exact) mass is 174 g/mol. The largest absolute Gasteiger partial charge is 0.326 e. The highest BCUT2D eigenvalue weighted by molar-refractivity contribution is 6.29. The van der Waals surface area contributed by atoms with Gasteiger partial charge in [-0.05, 0) is 41.5 Å². The second-order valence-corrected chi connectivity index (χ2v) is 6.09. The van der Waals surface area contributed by atoms with Crippen LogP contribution in [0.3, 0.4) is 0 Å². The average Bonchev–Trinajstić information content (AvgIpc) is 1.55. The van der Waals surface area contributed by atoms with Crippen LogP contribution >= 0.6 is 0 Å². The molecule has 0 radical (unpaired) electrons. The van der Waals surface area contributed by atoms with E-state index in [-0.39, 0.29) is 20.9 Å². The second-order valence-electron chi connectivity index (χ2n) is 5.03. The van der Waals surface area contributed by atoms with Gasteiger partial charge in [0.25, 0.3) is 0 Å². The Hall–Kier alpha value is 0.137. The molecule has 0 rings (SSSR count). The molecule has 0 fully saturated rings. The Morgan fingerprint density at radius 1 is 0.727 bits per heavy atom. The zero-order valence-corrected chi connectivity index (χ0v) is 10.1. The van der Waals surface area contributed by atoms with Crippen LogP contribution in [0, 0.1) is 0 Å². The molecule has 3 heteroatoms. The van der Waals surface area contributed by atoms with Crippen molar-refractivity contribution in [2.45, 2.75) is 52.6 Å². The predicted molar refractivity (Wildman–Crippen MR) is 54.3 cm³/mol. The maximum atomic E-state index is 3.51. The van der Waals surface area contributed by atoms with Crippen molar-refractivity contribution in [1.82, 2.24) is 9.96 Å². The molecular formula is C8H22N2Si. The van der Waals surface area contributed by atoms with Gasteiger partial charge in [0.15, 0.2) is 9.84 Å². The molecule has 0 heterocycles. The highest BCUT2D eigenvalue weighted by atomic mass is 28.2. The van der Waals surface area contributed by atoms with E-state index >= 15 is 0 Å². The first-order chi connectivity index (χ1) is 4.71. The van der Waals surface area contributed by atoms with E-state index in [2.05, 4.69) is 51.5 Å². The van der Waals surface area contributed by atoms with Crippen LogP contribution < -0.4 is 9.96 Å². The van der Waals surface area contributed by atoms with Gasteiger partial charge in [0.05, 0.1) is 0 Å². The minimum absolute atomic E-state index is 0.268. The Morgan fingerprint density at radius 2 is 1.00 bits per heavy atom. The van der Waals surface area contributed by atoms with Crippen LogP contribution in [0.5, 0.6) is 0 Å². The number of hydrogen-bond donors (Lipinski definition) is 2. The van der Waals surface area contributed by atoms with Gasteiger partial charge in [-0.2, -0.15) is 0 Å². The zero-order valence-electron chi connectivity index (χ0n) is 8.71. The van der Waals surface area contributed by atoms with Crippen LogP contribution in [0.4, 0.5) is 0 Å². The molecule has 0 saturated heterocycles. The lowest BCUT2D eigenvalue weighted by atomic mass is 10.1. The Balaban J connectivity index is 3.44. The zero-order chi connectivity index (χ0) is 9.12. The van der Waals surface area contributed by atoms with Crippen LogP contribution in [0.2, 0.25) is 0 Å². The lowest BCUT2D eigenvalue weighted by Crippen LogP contribution is -2.50. The molecule has 0 spiro atoms. The Labute approximate surface area is 73.1 Å². The number of rotatable bonds is 2. The summed E-state index contributed by atoms with van der Waals surface area (Å²) in [6.45, 7) is 13.2. The summed E-state index contributed by atoms with van der Waals surface area (Å²) >= 11 is 0. The third-order valence-corrected chi connectivity index (χ3v) is 3.71. The molecule has 0 aliphatic heterocycles. The minimum atomic E-state index is -0.297. The molecule has 0 aromatic heterocycles. The Kier molecular flexibility index (Phi) is 3.74. The van der Waals surface area contributed by atoms with Gasteiger partial charge < -0.3 is 9.96 Å². The van der Waals surface area contributed by atoms with Crippen molar-refractivity contribution in [3.63, 3.8) is 0 Å². The van der Waals surface area contributed by atoms with E-state index in [1.54, 1.807) is 0 Å². The van der Waals surface area contributed by atoms with Crippen molar-refractivity contribution < 1.29 is 0 Å². The summed E-state index contributed by atoms with van der Waals surface area (Å²) in [7, 11) is -0.297. The summed E-state index contributed by atoms with van der Waals surface area (Å²) in [6, 6.07) is 0. The summed E-state index contributed by atoms with van der Waals surface area (Å²) in [4.78, 5) is 7.01. The van der Waals surface area contributed by atoms with E-state index in [1.165, 1.54) is 0 Å². The molecule has 68 valence electrons. The molecule has 11 heavy (non-hydrogen) atoms. The first-order valence-corrected chi connectivity index (χ1v) is 5.62. The van der Waals surface area contributed by atoms with Crippen molar-refractivity contribution in [3.8, 4) is 0 Å². The van der Waals surface area contributed by atoms with Gasteiger partial charge >= 0.3 is 0 Å². The molecule has 0 aliphatic carbocycles. The van der Waals surface area contributed by atoms with Crippen LogP contribution in [0.15, 0.2) is 0 Å². The molecule has 2 N–H and O–H groups in total. The van der Waals surface area contributed by atoms with E-state index in [0.717, 1.165) is 0 Å². The summed E-state index contributed by atoms with van der Waals surface area (Å²) in [5, 5.41) is 0. The molecule has 0 bridgehead atoms. The van der Waals surface area contributed by atoms with Gasteiger partial charge in [0.2, 0.25) is 0 Å². The van der Waals surface area contributed by atoms with E-state index in [0.29, 0.717) is 0 Å². The molecular weight excluding hydrogens is 152 g/mol. The van der Waals surface area contributed by atoms with Crippen LogP contribution in [0.1, 0.15) is 41.5 Å². The van der Waals surface area contributed by atoms with Gasteiger partial charge in [-0.25, -0.2) is 0 Å². The molecule has 0 atom stereocenters. The van der Waals surface area contributed by atoms with Gasteiger partial charge in [-0.15, -0.1) is 0 Å². The normalized spacial score (nSPS) is 13.6. The van der Waals surface area contributed by atoms with Gasteiger partial charge in [0, 0.05) is 11.1 Å². The number of nitrogens with one attached hydrogen (secondary N) is 2. The number of hydrogen-bond acceptors (Lipinski definition) is 2. The fraction of sp³-hybridized carbons (Fsp3) is 1.00. The summed E-state index contributed by atoms with van der Waals surface area (Å²) in [5.41, 5.74) is 0.537. The van der Waals surface area contributed by atoms with E-state index < -0.39 is 0 Å². The molecule has 0 aromatic carbocycles. The predicted octanol–water partition coefficient (Wildman–Crippen LogP) is 0.761. The van der Waals surface area contributed by atoms with E-state index in [1.807, 2.05) is 0 Å². The first kappa shape index (κ1) is 11.1. The second kappa shape index (κ2) is 3.69. The van der Waals surface area contributed by atoms with Crippen LogP contribution in [-0.4, -0.2) is 20.9 Å². The molecule has 0 aliphatic rings. The highest BCUT2D eigenvalue weighted by Gasteiger charge is 2.11. The SMILES string of the molecule is CC(C)(C)N[SiH2]NC(C)(C)C. The highest BCUT2D eigenvalue weighted by Crippen LogP contribution is 1.98.